The van der Waals surface area contributed by atoms with Gasteiger partial charge in [0.2, 0.25) is 0 Å². The van der Waals surface area contributed by atoms with E-state index in [-0.39, 0.29) is 0 Å². The number of benzene rings is 1. The van der Waals surface area contributed by atoms with Gasteiger partial charge in [-0.3, -0.25) is 0 Å². The number of rotatable bonds is 7. The van der Waals surface area contributed by atoms with E-state index in [0.717, 1.165) is 30.7 Å². The Labute approximate surface area is 130 Å². The van der Waals surface area contributed by atoms with Gasteiger partial charge in [0, 0.05) is 11.3 Å². The first-order chi connectivity index (χ1) is 10.2. The van der Waals surface area contributed by atoms with Gasteiger partial charge in [-0.25, -0.2) is 4.68 Å². The summed E-state index contributed by atoms with van der Waals surface area (Å²) in [5.74, 6) is 0.717. The molecule has 0 amide bonds. The predicted molar refractivity (Wildman–Crippen MR) is 86.1 cm³/mol. The smallest absolute Gasteiger partial charge is 0.183 e. The number of anilines is 1. The van der Waals surface area contributed by atoms with E-state index in [4.69, 9.17) is 17.3 Å². The maximum atomic E-state index is 6.29. The Hall–Kier alpha value is -1.62. The zero-order valence-electron chi connectivity index (χ0n) is 12.6. The van der Waals surface area contributed by atoms with Crippen molar-refractivity contribution in [2.75, 3.05) is 5.73 Å². The van der Waals surface area contributed by atoms with E-state index >= 15 is 0 Å². The molecule has 1 aromatic heterocycles. The lowest BCUT2D eigenvalue weighted by molar-refractivity contribution is 0.380. The molecule has 0 radical (unpaired) electrons. The van der Waals surface area contributed by atoms with E-state index in [1.165, 1.54) is 12.8 Å². The van der Waals surface area contributed by atoms with Gasteiger partial charge >= 0.3 is 0 Å². The Morgan fingerprint density at radius 1 is 1.24 bits per heavy atom. The van der Waals surface area contributed by atoms with Crippen molar-refractivity contribution in [1.29, 1.82) is 0 Å². The van der Waals surface area contributed by atoms with Gasteiger partial charge in [0.25, 0.3) is 0 Å². The first-order valence-corrected chi connectivity index (χ1v) is 7.88. The molecule has 0 aliphatic carbocycles. The number of halogens is 1. The summed E-state index contributed by atoms with van der Waals surface area (Å²) in [6, 6.07) is 5.74. The van der Waals surface area contributed by atoms with E-state index in [2.05, 4.69) is 29.4 Å². The van der Waals surface area contributed by atoms with E-state index < -0.39 is 0 Å². The lowest BCUT2D eigenvalue weighted by Gasteiger charge is -2.17. The van der Waals surface area contributed by atoms with E-state index in [0.29, 0.717) is 16.8 Å². The van der Waals surface area contributed by atoms with Crippen LogP contribution in [0.5, 0.6) is 0 Å². The SMILES string of the molecule is CCCCC(CCC)n1nnnc1-c1ccc(N)cc1Cl. The van der Waals surface area contributed by atoms with Gasteiger partial charge < -0.3 is 5.73 Å². The Kier molecular flexibility index (Phi) is 5.56. The molecule has 6 heteroatoms. The molecule has 0 saturated heterocycles. The van der Waals surface area contributed by atoms with Crippen LogP contribution in [0.15, 0.2) is 18.2 Å². The fourth-order valence-corrected chi connectivity index (χ4v) is 2.76. The summed E-state index contributed by atoms with van der Waals surface area (Å²) in [5, 5.41) is 12.8. The van der Waals surface area contributed by atoms with Gasteiger partial charge in [-0.05, 0) is 41.5 Å². The van der Waals surface area contributed by atoms with E-state index in [1.54, 1.807) is 6.07 Å². The first-order valence-electron chi connectivity index (χ1n) is 7.50. The van der Waals surface area contributed by atoms with Crippen LogP contribution in [0.3, 0.4) is 0 Å². The molecule has 0 aliphatic rings. The highest BCUT2D eigenvalue weighted by atomic mass is 35.5. The molecule has 0 spiro atoms. The number of nitrogens with two attached hydrogens (primary N) is 1. The normalized spacial score (nSPS) is 12.5. The molecule has 1 atom stereocenters. The maximum Gasteiger partial charge on any atom is 0.183 e. The lowest BCUT2D eigenvalue weighted by atomic mass is 10.0. The molecule has 21 heavy (non-hydrogen) atoms. The van der Waals surface area contributed by atoms with Crippen LogP contribution in [0.2, 0.25) is 5.02 Å². The quantitative estimate of drug-likeness (QED) is 0.782. The monoisotopic (exact) mass is 307 g/mol. The molecule has 2 aromatic rings. The summed E-state index contributed by atoms with van der Waals surface area (Å²) in [6.07, 6.45) is 5.57. The van der Waals surface area contributed by atoms with Crippen LogP contribution in [-0.2, 0) is 0 Å². The van der Waals surface area contributed by atoms with Crippen molar-refractivity contribution in [3.05, 3.63) is 23.2 Å². The summed E-state index contributed by atoms with van der Waals surface area (Å²) in [6.45, 7) is 4.37. The van der Waals surface area contributed by atoms with Crippen molar-refractivity contribution in [2.45, 2.75) is 52.0 Å². The molecule has 0 aliphatic heterocycles. The molecular weight excluding hydrogens is 286 g/mol. The van der Waals surface area contributed by atoms with E-state index in [9.17, 15) is 0 Å². The summed E-state index contributed by atoms with van der Waals surface area (Å²) >= 11 is 6.29. The minimum Gasteiger partial charge on any atom is -0.399 e. The van der Waals surface area contributed by atoms with Crippen molar-refractivity contribution in [3.63, 3.8) is 0 Å². The highest BCUT2D eigenvalue weighted by Crippen LogP contribution is 2.31. The standard InChI is InChI=1S/C15H22ClN5/c1-3-5-7-12(6-4-2)21-15(18-19-20-21)13-9-8-11(17)10-14(13)16/h8-10,12H,3-7,17H2,1-2H3. The predicted octanol–water partition coefficient (Wildman–Crippen LogP) is 4.11. The number of hydrogen-bond acceptors (Lipinski definition) is 4. The Balaban J connectivity index is 2.35. The Morgan fingerprint density at radius 3 is 2.71 bits per heavy atom. The molecule has 1 heterocycles. The molecule has 2 N–H and O–H groups in total. The van der Waals surface area contributed by atoms with Gasteiger partial charge in [0.15, 0.2) is 5.82 Å². The lowest BCUT2D eigenvalue weighted by Crippen LogP contribution is -2.12. The van der Waals surface area contributed by atoms with Crippen LogP contribution in [0, 0.1) is 0 Å². The fourth-order valence-electron chi connectivity index (χ4n) is 2.49. The fraction of sp³-hybridized carbons (Fsp3) is 0.533. The van der Waals surface area contributed by atoms with Crippen molar-refractivity contribution in [2.24, 2.45) is 0 Å². The number of nitrogens with zero attached hydrogens (tertiary/aromatic N) is 4. The molecular formula is C15H22ClN5. The highest BCUT2D eigenvalue weighted by Gasteiger charge is 2.19. The average Bonchev–Trinajstić information content (AvgIpc) is 2.92. The van der Waals surface area contributed by atoms with Crippen LogP contribution in [0.25, 0.3) is 11.4 Å². The molecule has 114 valence electrons. The van der Waals surface area contributed by atoms with Crippen LogP contribution in [0.4, 0.5) is 5.69 Å². The summed E-state index contributed by atoms with van der Waals surface area (Å²) in [7, 11) is 0. The van der Waals surface area contributed by atoms with Gasteiger partial charge in [0.1, 0.15) is 0 Å². The Bertz CT molecular complexity index is 581. The van der Waals surface area contributed by atoms with Crippen LogP contribution in [-0.4, -0.2) is 20.2 Å². The van der Waals surface area contributed by atoms with Gasteiger partial charge in [0.05, 0.1) is 11.1 Å². The summed E-state index contributed by atoms with van der Waals surface area (Å²) < 4.78 is 1.91. The van der Waals surface area contributed by atoms with Gasteiger partial charge in [-0.15, -0.1) is 5.10 Å². The van der Waals surface area contributed by atoms with Gasteiger partial charge in [-0.1, -0.05) is 44.7 Å². The molecule has 1 aromatic carbocycles. The average molecular weight is 308 g/mol. The van der Waals surface area contributed by atoms with Crippen LogP contribution < -0.4 is 5.73 Å². The highest BCUT2D eigenvalue weighted by molar-refractivity contribution is 6.33. The summed E-state index contributed by atoms with van der Waals surface area (Å²) in [5.41, 5.74) is 7.21. The topological polar surface area (TPSA) is 69.6 Å². The van der Waals surface area contributed by atoms with Crippen molar-refractivity contribution >= 4 is 17.3 Å². The van der Waals surface area contributed by atoms with Gasteiger partial charge in [-0.2, -0.15) is 0 Å². The maximum absolute atomic E-state index is 6.29. The Morgan fingerprint density at radius 2 is 2.05 bits per heavy atom. The van der Waals surface area contributed by atoms with Crippen molar-refractivity contribution in [1.82, 2.24) is 20.2 Å². The second-order valence-electron chi connectivity index (χ2n) is 5.27. The number of nitrogen functional groups attached to an aromatic ring is 1. The molecule has 1 unspecified atom stereocenters. The van der Waals surface area contributed by atoms with Crippen molar-refractivity contribution in [3.8, 4) is 11.4 Å². The largest absolute Gasteiger partial charge is 0.399 e. The number of tetrazole rings is 1. The van der Waals surface area contributed by atoms with Crippen molar-refractivity contribution < 1.29 is 0 Å². The molecule has 2 rings (SSSR count). The minimum absolute atomic E-state index is 0.313. The summed E-state index contributed by atoms with van der Waals surface area (Å²) in [4.78, 5) is 0. The minimum atomic E-state index is 0.313. The third-order valence-electron chi connectivity index (χ3n) is 3.59. The third kappa shape index (κ3) is 3.73. The molecule has 0 fully saturated rings. The molecule has 0 saturated carbocycles. The number of hydrogen-bond donors (Lipinski definition) is 1. The van der Waals surface area contributed by atoms with E-state index in [1.807, 2.05) is 16.8 Å². The zero-order valence-corrected chi connectivity index (χ0v) is 13.3. The molecule has 0 bridgehead atoms. The second-order valence-corrected chi connectivity index (χ2v) is 5.68. The van der Waals surface area contributed by atoms with Crippen LogP contribution in [0.1, 0.15) is 52.0 Å². The number of unbranched alkanes of at least 4 members (excludes halogenated alkanes) is 1. The molecule has 5 nitrogen and oxygen atoms in total. The number of aromatic nitrogens is 4. The first kappa shape index (κ1) is 15.8. The van der Waals surface area contributed by atoms with Crippen LogP contribution >= 0.6 is 11.6 Å². The zero-order chi connectivity index (χ0) is 15.2. The third-order valence-corrected chi connectivity index (χ3v) is 3.90. The second kappa shape index (κ2) is 7.41.